The van der Waals surface area contributed by atoms with Gasteiger partial charge in [-0.05, 0) is 54.7 Å². The Balaban J connectivity index is 1.72. The smallest absolute Gasteiger partial charge is 0.265 e. The van der Waals surface area contributed by atoms with Crippen molar-refractivity contribution in [3.63, 3.8) is 0 Å². The average molecular weight is 421 g/mol. The molecule has 29 heavy (non-hydrogen) atoms. The molecule has 1 aromatic carbocycles. The van der Waals surface area contributed by atoms with Gasteiger partial charge in [0.05, 0.1) is 0 Å². The van der Waals surface area contributed by atoms with Crippen LogP contribution >= 0.6 is 23.6 Å². The van der Waals surface area contributed by atoms with Crippen molar-refractivity contribution in [2.24, 2.45) is 0 Å². The van der Waals surface area contributed by atoms with E-state index >= 15 is 0 Å². The van der Waals surface area contributed by atoms with Crippen LogP contribution in [0, 0.1) is 0 Å². The molecule has 0 aliphatic carbocycles. The van der Waals surface area contributed by atoms with Gasteiger partial charge in [0, 0.05) is 23.8 Å². The van der Waals surface area contributed by atoms with Crippen LogP contribution in [-0.2, 0) is 9.59 Å². The molecule has 2 amide bonds. The second-order valence-electron chi connectivity index (χ2n) is 6.22. The van der Waals surface area contributed by atoms with E-state index in [2.05, 4.69) is 10.3 Å². The maximum Gasteiger partial charge on any atom is 0.265 e. The molecule has 0 saturated carbocycles. The summed E-state index contributed by atoms with van der Waals surface area (Å²) in [6.45, 7) is 0. The number of amides is 2. The van der Waals surface area contributed by atoms with Gasteiger partial charge >= 0.3 is 0 Å². The summed E-state index contributed by atoms with van der Waals surface area (Å²) in [7, 11) is 1.54. The molecule has 1 fully saturated rings. The van der Waals surface area contributed by atoms with Crippen LogP contribution < -0.4 is 10.2 Å². The molecule has 1 saturated heterocycles. The fourth-order valence-corrected chi connectivity index (χ4v) is 4.02. The van der Waals surface area contributed by atoms with E-state index < -0.39 is 11.8 Å². The fourth-order valence-electron chi connectivity index (χ4n) is 2.86. The Bertz CT molecular complexity index is 1070. The van der Waals surface area contributed by atoms with Crippen LogP contribution in [-0.4, -0.2) is 33.9 Å². The first-order valence-electron chi connectivity index (χ1n) is 8.76. The van der Waals surface area contributed by atoms with Gasteiger partial charge in [-0.15, -0.1) is 11.3 Å². The monoisotopic (exact) mass is 420 g/mol. The van der Waals surface area contributed by atoms with E-state index in [4.69, 9.17) is 12.2 Å². The van der Waals surface area contributed by atoms with Crippen LogP contribution in [0.25, 0.3) is 6.08 Å². The predicted octanol–water partition coefficient (Wildman–Crippen LogP) is 3.87. The van der Waals surface area contributed by atoms with E-state index in [-0.39, 0.29) is 10.7 Å². The third-order valence-corrected chi connectivity index (χ3v) is 5.71. The van der Waals surface area contributed by atoms with Gasteiger partial charge in [0.25, 0.3) is 11.8 Å². The maximum absolute atomic E-state index is 12.4. The highest BCUT2D eigenvalue weighted by atomic mass is 32.1. The van der Waals surface area contributed by atoms with Gasteiger partial charge in [-0.3, -0.25) is 24.7 Å². The molecule has 8 heteroatoms. The Hall–Kier alpha value is -3.36. The number of anilines is 3. The lowest BCUT2D eigenvalue weighted by molar-refractivity contribution is -0.128. The number of thiophene rings is 1. The summed E-state index contributed by atoms with van der Waals surface area (Å²) in [6.07, 6.45) is 3.33. The zero-order chi connectivity index (χ0) is 20.4. The number of thiocarbonyl (C=S) groups is 1. The van der Waals surface area contributed by atoms with Crippen LogP contribution in [0.15, 0.2) is 72.4 Å². The first-order valence-corrected chi connectivity index (χ1v) is 9.98. The van der Waals surface area contributed by atoms with Gasteiger partial charge in [0.1, 0.15) is 16.4 Å². The van der Waals surface area contributed by atoms with Crippen LogP contribution in [0.5, 0.6) is 0 Å². The van der Waals surface area contributed by atoms with Crippen LogP contribution in [0.3, 0.4) is 0 Å². The third kappa shape index (κ3) is 3.80. The Morgan fingerprint density at radius 2 is 1.83 bits per heavy atom. The highest BCUT2D eigenvalue weighted by Gasteiger charge is 2.31. The molecule has 3 aromatic rings. The number of hydrogen-bond donors (Lipinski definition) is 1. The van der Waals surface area contributed by atoms with Gasteiger partial charge in [0.15, 0.2) is 5.11 Å². The van der Waals surface area contributed by atoms with E-state index in [0.29, 0.717) is 0 Å². The van der Waals surface area contributed by atoms with Gasteiger partial charge in [-0.25, -0.2) is 4.98 Å². The van der Waals surface area contributed by atoms with Crippen molar-refractivity contribution >= 4 is 63.1 Å². The van der Waals surface area contributed by atoms with Crippen molar-refractivity contribution in [3.05, 3.63) is 77.3 Å². The number of nitrogens with one attached hydrogen (secondary N) is 1. The molecule has 3 heterocycles. The summed E-state index contributed by atoms with van der Waals surface area (Å²) in [5, 5.41) is 3.54. The molecule has 1 N–H and O–H groups in total. The molecule has 4 rings (SSSR count). The Morgan fingerprint density at radius 3 is 2.55 bits per heavy atom. The molecular weight excluding hydrogens is 404 g/mol. The van der Waals surface area contributed by atoms with Gasteiger partial charge in [-0.1, -0.05) is 24.3 Å². The SMILES string of the molecule is CN1C(=O)/C(=C/c2ccc(N(c3ccccc3)c3ccccn3)s2)C(=O)NC1=S. The average Bonchev–Trinajstić information content (AvgIpc) is 3.19. The molecule has 0 bridgehead atoms. The van der Waals surface area contributed by atoms with Crippen LogP contribution in [0.4, 0.5) is 16.5 Å². The summed E-state index contributed by atoms with van der Waals surface area (Å²) in [5.41, 5.74) is 1.02. The van der Waals surface area contributed by atoms with Crippen molar-refractivity contribution in [1.29, 1.82) is 0 Å². The lowest BCUT2D eigenvalue weighted by Crippen LogP contribution is -2.52. The number of likely N-dealkylation sites (N-methyl/N-ethyl adjacent to an activating group) is 1. The molecular formula is C21H16N4O2S2. The van der Waals surface area contributed by atoms with Crippen molar-refractivity contribution < 1.29 is 9.59 Å². The number of aromatic nitrogens is 1. The topological polar surface area (TPSA) is 65.5 Å². The van der Waals surface area contributed by atoms with Crippen LogP contribution in [0.1, 0.15) is 4.88 Å². The second-order valence-corrected chi connectivity index (χ2v) is 7.70. The highest BCUT2D eigenvalue weighted by Crippen LogP contribution is 2.38. The minimum absolute atomic E-state index is 0.0543. The van der Waals surface area contributed by atoms with Crippen LogP contribution in [0.2, 0.25) is 0 Å². The molecule has 0 spiro atoms. The van der Waals surface area contributed by atoms with E-state index in [1.54, 1.807) is 12.3 Å². The summed E-state index contributed by atoms with van der Waals surface area (Å²) >= 11 is 6.44. The summed E-state index contributed by atoms with van der Waals surface area (Å²) < 4.78 is 0. The lowest BCUT2D eigenvalue weighted by Gasteiger charge is -2.24. The molecule has 6 nitrogen and oxygen atoms in total. The van der Waals surface area contributed by atoms with Gasteiger partial charge in [0.2, 0.25) is 0 Å². The minimum atomic E-state index is -0.488. The van der Waals surface area contributed by atoms with E-state index in [1.807, 2.05) is 65.6 Å². The number of rotatable bonds is 4. The molecule has 1 aliphatic rings. The molecule has 0 unspecified atom stereocenters. The van der Waals surface area contributed by atoms with E-state index in [9.17, 15) is 9.59 Å². The number of carbonyl (C=O) groups excluding carboxylic acids is 2. The molecule has 144 valence electrons. The summed E-state index contributed by atoms with van der Waals surface area (Å²) in [6, 6.07) is 19.4. The van der Waals surface area contributed by atoms with E-state index in [0.717, 1.165) is 21.4 Å². The lowest BCUT2D eigenvalue weighted by atomic mass is 10.1. The maximum atomic E-state index is 12.4. The van der Waals surface area contributed by atoms with Crippen molar-refractivity contribution in [2.75, 3.05) is 11.9 Å². The Labute approximate surface area is 177 Å². The summed E-state index contributed by atoms with van der Waals surface area (Å²) in [5.74, 6) is -0.132. The van der Waals surface area contributed by atoms with Gasteiger partial charge in [-0.2, -0.15) is 0 Å². The first kappa shape index (κ1) is 19.0. The largest absolute Gasteiger partial charge is 0.298 e. The number of pyridine rings is 1. The zero-order valence-corrected chi connectivity index (χ0v) is 17.0. The predicted molar refractivity (Wildman–Crippen MR) is 118 cm³/mol. The highest BCUT2D eigenvalue weighted by molar-refractivity contribution is 7.80. The third-order valence-electron chi connectivity index (χ3n) is 4.32. The number of benzene rings is 1. The zero-order valence-electron chi connectivity index (χ0n) is 15.4. The van der Waals surface area contributed by atoms with Crippen molar-refractivity contribution in [2.45, 2.75) is 0 Å². The number of carbonyl (C=O) groups is 2. The minimum Gasteiger partial charge on any atom is -0.298 e. The van der Waals surface area contributed by atoms with Crippen molar-refractivity contribution in [3.8, 4) is 0 Å². The Morgan fingerprint density at radius 1 is 1.07 bits per heavy atom. The fraction of sp³-hybridized carbons (Fsp3) is 0.0476. The molecule has 2 aromatic heterocycles. The number of nitrogens with zero attached hydrogens (tertiary/aromatic N) is 3. The quantitative estimate of drug-likeness (QED) is 0.394. The number of hydrogen-bond acceptors (Lipinski definition) is 6. The molecule has 1 aliphatic heterocycles. The molecule has 0 atom stereocenters. The number of para-hydroxylation sites is 1. The first-order chi connectivity index (χ1) is 14.0. The normalized spacial score (nSPS) is 15.6. The van der Waals surface area contributed by atoms with Gasteiger partial charge < -0.3 is 0 Å². The molecule has 0 radical (unpaired) electrons. The van der Waals surface area contributed by atoms with E-state index in [1.165, 1.54) is 23.3 Å². The second kappa shape index (κ2) is 7.94. The standard InChI is InChI=1S/C21H16N4O2S2/c1-24-20(27)16(19(26)23-21(24)28)13-15-10-11-18(29-15)25(14-7-3-2-4-8-14)17-9-5-6-12-22-17/h2-13H,1H3,(H,23,26,28)/b16-13+. The summed E-state index contributed by atoms with van der Waals surface area (Å²) in [4.78, 5) is 33.2. The van der Waals surface area contributed by atoms with Crippen molar-refractivity contribution in [1.82, 2.24) is 15.2 Å². The Kier molecular flexibility index (Phi) is 5.20.